The van der Waals surface area contributed by atoms with Crippen molar-refractivity contribution in [2.24, 2.45) is 5.92 Å². The van der Waals surface area contributed by atoms with Gasteiger partial charge in [0.1, 0.15) is 0 Å². The van der Waals surface area contributed by atoms with Gasteiger partial charge in [0.25, 0.3) is 5.91 Å². The van der Waals surface area contributed by atoms with Crippen LogP contribution in [0.4, 0.5) is 5.69 Å². The van der Waals surface area contributed by atoms with Crippen molar-refractivity contribution in [3.05, 3.63) is 78.1 Å². The summed E-state index contributed by atoms with van der Waals surface area (Å²) < 4.78 is 1.73. The van der Waals surface area contributed by atoms with E-state index in [9.17, 15) is 9.59 Å². The van der Waals surface area contributed by atoms with Gasteiger partial charge in [-0.05, 0) is 50.1 Å². The predicted octanol–water partition coefficient (Wildman–Crippen LogP) is 3.67. The lowest BCUT2D eigenvalue weighted by molar-refractivity contribution is -0.121. The average Bonchev–Trinajstić information content (AvgIpc) is 3.29. The lowest BCUT2D eigenvalue weighted by atomic mass is 9.96. The monoisotopic (exact) mass is 388 g/mol. The number of nitrogens with zero attached hydrogens (tertiary/aromatic N) is 3. The molecule has 1 aromatic heterocycles. The van der Waals surface area contributed by atoms with Crippen molar-refractivity contribution in [1.82, 2.24) is 14.7 Å². The highest BCUT2D eigenvalue weighted by molar-refractivity contribution is 5.97. The number of rotatable bonds is 4. The Balaban J connectivity index is 1.46. The number of anilines is 1. The molecule has 0 spiro atoms. The van der Waals surface area contributed by atoms with Gasteiger partial charge in [0.05, 0.1) is 17.3 Å². The normalized spacial score (nSPS) is 16.4. The van der Waals surface area contributed by atoms with Crippen LogP contribution in [0.1, 0.15) is 28.8 Å². The molecule has 148 valence electrons. The number of hydrogen-bond donors (Lipinski definition) is 1. The Hall–Kier alpha value is -3.41. The van der Waals surface area contributed by atoms with E-state index in [1.165, 1.54) is 0 Å². The molecule has 6 heteroatoms. The SMILES string of the molecule is Cc1ccc(C(=O)N2CCCC(C(=O)Nc3ccccc3-n3cccn3)C2)cc1. The number of carbonyl (C=O) groups excluding carboxylic acids is 2. The number of amides is 2. The van der Waals surface area contributed by atoms with Crippen molar-refractivity contribution in [3.63, 3.8) is 0 Å². The maximum absolute atomic E-state index is 13.0. The summed E-state index contributed by atoms with van der Waals surface area (Å²) in [5.41, 5.74) is 3.31. The Morgan fingerprint density at radius 3 is 2.62 bits per heavy atom. The maximum Gasteiger partial charge on any atom is 0.253 e. The van der Waals surface area contributed by atoms with Crippen LogP contribution in [0.15, 0.2) is 67.0 Å². The minimum atomic E-state index is -0.233. The molecule has 0 bridgehead atoms. The zero-order valence-corrected chi connectivity index (χ0v) is 16.4. The second kappa shape index (κ2) is 8.31. The smallest absolute Gasteiger partial charge is 0.253 e. The molecule has 1 unspecified atom stereocenters. The van der Waals surface area contributed by atoms with Gasteiger partial charge in [-0.2, -0.15) is 5.10 Å². The molecule has 0 aliphatic carbocycles. The Bertz CT molecular complexity index is 996. The van der Waals surface area contributed by atoms with Crippen molar-refractivity contribution in [2.75, 3.05) is 18.4 Å². The molecule has 1 aliphatic rings. The second-order valence-corrected chi connectivity index (χ2v) is 7.41. The summed E-state index contributed by atoms with van der Waals surface area (Å²) in [6.07, 6.45) is 5.13. The number of aromatic nitrogens is 2. The van der Waals surface area contributed by atoms with Crippen molar-refractivity contribution in [3.8, 4) is 5.69 Å². The largest absolute Gasteiger partial charge is 0.338 e. The summed E-state index contributed by atoms with van der Waals surface area (Å²) in [5.74, 6) is -0.311. The molecule has 1 saturated heterocycles. The van der Waals surface area contributed by atoms with Gasteiger partial charge >= 0.3 is 0 Å². The van der Waals surface area contributed by atoms with Crippen LogP contribution in [0, 0.1) is 12.8 Å². The van der Waals surface area contributed by atoms with Gasteiger partial charge < -0.3 is 10.2 Å². The summed E-state index contributed by atoms with van der Waals surface area (Å²) in [5, 5.41) is 7.29. The van der Waals surface area contributed by atoms with Crippen LogP contribution >= 0.6 is 0 Å². The maximum atomic E-state index is 13.0. The first kappa shape index (κ1) is 18.9. The number of piperidine rings is 1. The molecule has 4 rings (SSSR count). The van der Waals surface area contributed by atoms with Crippen molar-refractivity contribution in [1.29, 1.82) is 0 Å². The number of likely N-dealkylation sites (tertiary alicyclic amines) is 1. The highest BCUT2D eigenvalue weighted by Gasteiger charge is 2.29. The minimum Gasteiger partial charge on any atom is -0.338 e. The Morgan fingerprint density at radius 1 is 1.07 bits per heavy atom. The number of nitrogens with one attached hydrogen (secondary N) is 1. The highest BCUT2D eigenvalue weighted by atomic mass is 16.2. The predicted molar refractivity (Wildman–Crippen MR) is 112 cm³/mol. The standard InChI is InChI=1S/C23H24N4O2/c1-17-9-11-18(12-10-17)23(29)26-14-4-6-19(16-26)22(28)25-20-7-2-3-8-21(20)27-15-5-13-24-27/h2-3,5,7-13,15,19H,4,6,14,16H2,1H3,(H,25,28). The fourth-order valence-electron chi connectivity index (χ4n) is 3.68. The molecule has 1 aliphatic heterocycles. The van der Waals surface area contributed by atoms with Gasteiger partial charge in [0.2, 0.25) is 5.91 Å². The molecule has 3 aromatic rings. The molecule has 6 nitrogen and oxygen atoms in total. The van der Waals surface area contributed by atoms with E-state index in [4.69, 9.17) is 0 Å². The number of carbonyl (C=O) groups is 2. The Morgan fingerprint density at radius 2 is 1.86 bits per heavy atom. The minimum absolute atomic E-state index is 0.0144. The lowest BCUT2D eigenvalue weighted by Crippen LogP contribution is -2.43. The number of benzene rings is 2. The van der Waals surface area contributed by atoms with Crippen molar-refractivity contribution < 1.29 is 9.59 Å². The van der Waals surface area contributed by atoms with E-state index in [1.807, 2.05) is 67.7 Å². The van der Waals surface area contributed by atoms with Crippen LogP contribution in [-0.2, 0) is 4.79 Å². The first-order valence-corrected chi connectivity index (χ1v) is 9.87. The molecule has 1 N–H and O–H groups in total. The molecule has 2 heterocycles. The molecular weight excluding hydrogens is 364 g/mol. The summed E-state index contributed by atoms with van der Waals surface area (Å²) in [7, 11) is 0. The van der Waals surface area contributed by atoms with E-state index in [1.54, 1.807) is 15.8 Å². The van der Waals surface area contributed by atoms with Crippen LogP contribution in [-0.4, -0.2) is 39.6 Å². The highest BCUT2D eigenvalue weighted by Crippen LogP contribution is 2.23. The van der Waals surface area contributed by atoms with Crippen molar-refractivity contribution >= 4 is 17.5 Å². The summed E-state index contributed by atoms with van der Waals surface area (Å²) in [6, 6.07) is 17.0. The second-order valence-electron chi connectivity index (χ2n) is 7.41. The van der Waals surface area contributed by atoms with Gasteiger partial charge in [-0.15, -0.1) is 0 Å². The third kappa shape index (κ3) is 4.21. The van der Waals surface area contributed by atoms with Gasteiger partial charge in [-0.25, -0.2) is 4.68 Å². The van der Waals surface area contributed by atoms with E-state index in [0.29, 0.717) is 24.3 Å². The molecule has 0 radical (unpaired) electrons. The zero-order valence-electron chi connectivity index (χ0n) is 16.4. The van der Waals surface area contributed by atoms with Crippen molar-refractivity contribution in [2.45, 2.75) is 19.8 Å². The molecule has 0 saturated carbocycles. The van der Waals surface area contributed by atoms with E-state index in [0.717, 1.165) is 24.1 Å². The van der Waals surface area contributed by atoms with Gasteiger partial charge in [0.15, 0.2) is 0 Å². The summed E-state index contributed by atoms with van der Waals surface area (Å²) >= 11 is 0. The third-order valence-electron chi connectivity index (χ3n) is 5.29. The summed E-state index contributed by atoms with van der Waals surface area (Å²) in [6.45, 7) is 3.11. The average molecular weight is 388 g/mol. The van der Waals surface area contributed by atoms with E-state index < -0.39 is 0 Å². The van der Waals surface area contributed by atoms with Crippen LogP contribution in [0.3, 0.4) is 0 Å². The molecular formula is C23H24N4O2. The third-order valence-corrected chi connectivity index (χ3v) is 5.29. The quantitative estimate of drug-likeness (QED) is 0.742. The van der Waals surface area contributed by atoms with E-state index in [2.05, 4.69) is 10.4 Å². The Labute approximate surface area is 170 Å². The zero-order chi connectivity index (χ0) is 20.2. The fraction of sp³-hybridized carbons (Fsp3) is 0.261. The van der Waals surface area contributed by atoms with Crippen LogP contribution in [0.25, 0.3) is 5.69 Å². The topological polar surface area (TPSA) is 67.2 Å². The van der Waals surface area contributed by atoms with E-state index >= 15 is 0 Å². The molecule has 29 heavy (non-hydrogen) atoms. The number of hydrogen-bond acceptors (Lipinski definition) is 3. The van der Waals surface area contributed by atoms with Crippen LogP contribution in [0.2, 0.25) is 0 Å². The van der Waals surface area contributed by atoms with Crippen LogP contribution < -0.4 is 5.32 Å². The first-order chi connectivity index (χ1) is 14.1. The Kier molecular flexibility index (Phi) is 5.42. The molecule has 1 fully saturated rings. The number of aryl methyl sites for hydroxylation is 1. The first-order valence-electron chi connectivity index (χ1n) is 9.87. The molecule has 2 amide bonds. The molecule has 1 atom stereocenters. The van der Waals surface area contributed by atoms with Crippen LogP contribution in [0.5, 0.6) is 0 Å². The number of para-hydroxylation sites is 2. The fourth-order valence-corrected chi connectivity index (χ4v) is 3.68. The van der Waals surface area contributed by atoms with Gasteiger partial charge in [-0.1, -0.05) is 29.8 Å². The lowest BCUT2D eigenvalue weighted by Gasteiger charge is -2.32. The van der Waals surface area contributed by atoms with Gasteiger partial charge in [-0.3, -0.25) is 9.59 Å². The van der Waals surface area contributed by atoms with E-state index in [-0.39, 0.29) is 17.7 Å². The molecule has 2 aromatic carbocycles. The van der Waals surface area contributed by atoms with Gasteiger partial charge in [0, 0.05) is 31.0 Å². The summed E-state index contributed by atoms with van der Waals surface area (Å²) in [4.78, 5) is 27.6.